The van der Waals surface area contributed by atoms with Crippen LogP contribution in [0.1, 0.15) is 13.8 Å². The Kier molecular flexibility index (Phi) is 6.30. The van der Waals surface area contributed by atoms with Gasteiger partial charge in [0.05, 0.1) is 16.6 Å². The minimum Gasteiger partial charge on any atom is -0.612 e. The molecule has 0 aromatic carbocycles. The van der Waals surface area contributed by atoms with E-state index in [1.54, 1.807) is 6.92 Å². The van der Waals surface area contributed by atoms with Crippen LogP contribution in [-0.2, 0) is 4.74 Å². The molecule has 0 saturated carbocycles. The van der Waals surface area contributed by atoms with Crippen LogP contribution in [0.3, 0.4) is 0 Å². The van der Waals surface area contributed by atoms with E-state index in [1.807, 2.05) is 0 Å². The topological polar surface area (TPSA) is 87.8 Å². The quantitative estimate of drug-likeness (QED) is 0.229. The number of ether oxygens (including phenoxy) is 1. The van der Waals surface area contributed by atoms with Gasteiger partial charge in [0.25, 0.3) is 5.70 Å². The van der Waals surface area contributed by atoms with Gasteiger partial charge in [-0.1, -0.05) is 6.92 Å². The van der Waals surface area contributed by atoms with Crippen molar-refractivity contribution >= 4 is 5.71 Å². The number of aliphatic imine (C=N–C) groups is 1. The number of nitrogens with zero attached hydrogens (tertiary/aromatic N) is 2. The first-order chi connectivity index (χ1) is 6.56. The molecule has 0 unspecified atom stereocenters. The first-order valence-electron chi connectivity index (χ1n) is 4.02. The molecular formula is C8H9KN2O4. The Morgan fingerprint density at radius 2 is 2.27 bits per heavy atom. The summed E-state index contributed by atoms with van der Waals surface area (Å²) < 4.78 is 4.65. The Morgan fingerprint density at radius 1 is 1.67 bits per heavy atom. The van der Waals surface area contributed by atoms with Gasteiger partial charge in [0.2, 0.25) is 0 Å². The van der Waals surface area contributed by atoms with Crippen LogP contribution in [0, 0.1) is 10.1 Å². The van der Waals surface area contributed by atoms with E-state index in [-0.39, 0.29) is 75.1 Å². The molecule has 0 amide bonds. The molecule has 76 valence electrons. The van der Waals surface area contributed by atoms with Crippen molar-refractivity contribution < 1.29 is 66.2 Å². The minimum absolute atomic E-state index is 0. The van der Waals surface area contributed by atoms with Gasteiger partial charge in [-0.05, 0) is 13.5 Å². The molecule has 0 atom stereocenters. The molecule has 0 saturated heterocycles. The predicted molar refractivity (Wildman–Crippen MR) is 46.8 cm³/mol. The van der Waals surface area contributed by atoms with Crippen LogP contribution < -0.4 is 56.5 Å². The molecule has 7 heteroatoms. The van der Waals surface area contributed by atoms with Crippen molar-refractivity contribution in [2.45, 2.75) is 13.8 Å². The SMILES string of the molecule is CCO/C([O-])=C1\C=C([N+](=O)[O-])C(C)=N1.[K+]. The van der Waals surface area contributed by atoms with E-state index in [0.29, 0.717) is 0 Å². The third-order valence-electron chi connectivity index (χ3n) is 1.61. The Balaban J connectivity index is 0.00000196. The second kappa shape index (κ2) is 6.39. The van der Waals surface area contributed by atoms with Crippen molar-refractivity contribution in [1.29, 1.82) is 0 Å². The zero-order valence-corrected chi connectivity index (χ0v) is 11.9. The van der Waals surface area contributed by atoms with Crippen molar-refractivity contribution in [2.24, 2.45) is 4.99 Å². The number of nitro groups is 1. The number of allylic oxidation sites excluding steroid dienone is 2. The van der Waals surface area contributed by atoms with E-state index >= 15 is 0 Å². The molecule has 1 rings (SSSR count). The van der Waals surface area contributed by atoms with Crippen molar-refractivity contribution in [3.63, 3.8) is 0 Å². The minimum atomic E-state index is -0.635. The molecular weight excluding hydrogens is 227 g/mol. The largest absolute Gasteiger partial charge is 1.00 e. The molecule has 0 fully saturated rings. The summed E-state index contributed by atoms with van der Waals surface area (Å²) >= 11 is 0. The summed E-state index contributed by atoms with van der Waals surface area (Å²) in [5.41, 5.74) is 0.0437. The van der Waals surface area contributed by atoms with Crippen LogP contribution in [0.25, 0.3) is 0 Å². The van der Waals surface area contributed by atoms with E-state index in [9.17, 15) is 15.2 Å². The fourth-order valence-corrected chi connectivity index (χ4v) is 0.999. The van der Waals surface area contributed by atoms with Crippen LogP contribution in [0.5, 0.6) is 0 Å². The van der Waals surface area contributed by atoms with Gasteiger partial charge >= 0.3 is 51.4 Å². The van der Waals surface area contributed by atoms with E-state index in [4.69, 9.17) is 0 Å². The third kappa shape index (κ3) is 3.69. The Labute approximate surface area is 129 Å². The first kappa shape index (κ1) is 14.8. The van der Waals surface area contributed by atoms with Crippen molar-refractivity contribution in [2.75, 3.05) is 6.61 Å². The molecule has 0 radical (unpaired) electrons. The van der Waals surface area contributed by atoms with E-state index in [0.717, 1.165) is 6.08 Å². The van der Waals surface area contributed by atoms with Crippen LogP contribution in [0.2, 0.25) is 0 Å². The van der Waals surface area contributed by atoms with Crippen LogP contribution >= 0.6 is 0 Å². The zero-order valence-electron chi connectivity index (χ0n) is 8.81. The van der Waals surface area contributed by atoms with E-state index in [1.165, 1.54) is 6.92 Å². The zero-order chi connectivity index (χ0) is 10.7. The monoisotopic (exact) mass is 236 g/mol. The van der Waals surface area contributed by atoms with Crippen molar-refractivity contribution in [3.8, 4) is 0 Å². The van der Waals surface area contributed by atoms with Gasteiger partial charge in [-0.2, -0.15) is 0 Å². The van der Waals surface area contributed by atoms with Gasteiger partial charge in [0.1, 0.15) is 5.71 Å². The van der Waals surface area contributed by atoms with E-state index in [2.05, 4.69) is 9.73 Å². The molecule has 0 aromatic heterocycles. The molecule has 6 nitrogen and oxygen atoms in total. The maximum absolute atomic E-state index is 11.1. The third-order valence-corrected chi connectivity index (χ3v) is 1.61. The summed E-state index contributed by atoms with van der Waals surface area (Å²) in [6.07, 6.45) is 1.12. The summed E-state index contributed by atoms with van der Waals surface area (Å²) in [4.78, 5) is 13.6. The molecule has 15 heavy (non-hydrogen) atoms. The maximum atomic E-state index is 11.1. The summed E-state index contributed by atoms with van der Waals surface area (Å²) in [6, 6.07) is 0. The maximum Gasteiger partial charge on any atom is 1.00 e. The molecule has 0 aliphatic carbocycles. The standard InChI is InChI=1S/C8H10N2O4.K/c1-3-14-8(11)6-4-7(10(12)13)5(2)9-6;/h4,11H,3H2,1-2H3;/q;+1/p-1/b8-6+;. The van der Waals surface area contributed by atoms with Crippen LogP contribution in [-0.4, -0.2) is 17.2 Å². The second-order valence-electron chi connectivity index (χ2n) is 2.59. The van der Waals surface area contributed by atoms with Gasteiger partial charge in [0.15, 0.2) is 0 Å². The van der Waals surface area contributed by atoms with Gasteiger partial charge in [-0.15, -0.1) is 0 Å². The fraction of sp³-hybridized carbons (Fsp3) is 0.375. The van der Waals surface area contributed by atoms with Gasteiger partial charge in [-0.25, -0.2) is 4.99 Å². The first-order valence-corrected chi connectivity index (χ1v) is 4.02. The van der Waals surface area contributed by atoms with Crippen LogP contribution in [0.4, 0.5) is 0 Å². The Hall–Kier alpha value is -0.214. The molecule has 1 aliphatic rings. The summed E-state index contributed by atoms with van der Waals surface area (Å²) in [5, 5.41) is 21.6. The van der Waals surface area contributed by atoms with Crippen LogP contribution in [0.15, 0.2) is 28.4 Å². The average molecular weight is 236 g/mol. The van der Waals surface area contributed by atoms with Gasteiger partial charge < -0.3 is 9.84 Å². The Bertz CT molecular complexity index is 360. The second-order valence-corrected chi connectivity index (χ2v) is 2.59. The summed E-state index contributed by atoms with van der Waals surface area (Å²) in [6.45, 7) is 3.35. The molecule has 0 bridgehead atoms. The summed E-state index contributed by atoms with van der Waals surface area (Å²) in [7, 11) is 0. The van der Waals surface area contributed by atoms with Crippen molar-refractivity contribution in [1.82, 2.24) is 0 Å². The molecule has 0 N–H and O–H groups in total. The number of rotatable bonds is 3. The van der Waals surface area contributed by atoms with Gasteiger partial charge in [-0.3, -0.25) is 10.1 Å². The number of hydrogen-bond donors (Lipinski definition) is 0. The normalized spacial score (nSPS) is 17.5. The molecule has 0 aromatic rings. The molecule has 1 aliphatic heterocycles. The Morgan fingerprint density at radius 3 is 2.67 bits per heavy atom. The fourth-order valence-electron chi connectivity index (χ4n) is 0.999. The average Bonchev–Trinajstić information content (AvgIpc) is 2.48. The number of hydrogen-bond acceptors (Lipinski definition) is 5. The summed E-state index contributed by atoms with van der Waals surface area (Å²) in [5.74, 6) is -0.635. The predicted octanol–water partition coefficient (Wildman–Crippen LogP) is -2.81. The molecule has 1 heterocycles. The smallest absolute Gasteiger partial charge is 0.612 e. The van der Waals surface area contributed by atoms with Crippen molar-refractivity contribution in [3.05, 3.63) is 33.5 Å². The van der Waals surface area contributed by atoms with E-state index < -0.39 is 10.9 Å². The molecule has 0 spiro atoms. The van der Waals surface area contributed by atoms with Gasteiger partial charge in [0, 0.05) is 6.08 Å².